The maximum Gasteiger partial charge on any atom is 0.414 e. The first-order chi connectivity index (χ1) is 11.8. The molecule has 0 radical (unpaired) electrons. The highest BCUT2D eigenvalue weighted by atomic mass is 16.6. The van der Waals surface area contributed by atoms with Crippen LogP contribution in [0.5, 0.6) is 0 Å². The van der Waals surface area contributed by atoms with Crippen LogP contribution in [0.1, 0.15) is 63.6 Å². The van der Waals surface area contributed by atoms with Crippen molar-refractivity contribution >= 4 is 11.8 Å². The zero-order chi connectivity index (χ0) is 17.8. The van der Waals surface area contributed by atoms with Gasteiger partial charge in [-0.15, -0.1) is 0 Å². The molecule has 0 bridgehead atoms. The summed E-state index contributed by atoms with van der Waals surface area (Å²) < 4.78 is 11.6. The molecule has 1 spiro atoms. The Hall–Kier alpha value is -1.81. The Morgan fingerprint density at radius 1 is 1.32 bits per heavy atom. The highest BCUT2D eigenvalue weighted by Gasteiger charge is 2.50. The highest BCUT2D eigenvalue weighted by Crippen LogP contribution is 2.55. The fraction of sp³-hybridized carbons (Fsp3) is 0.571. The number of amides is 1. The lowest BCUT2D eigenvalue weighted by Crippen LogP contribution is -2.39. The van der Waals surface area contributed by atoms with Crippen LogP contribution in [0.25, 0.3) is 5.70 Å². The lowest BCUT2D eigenvalue weighted by atomic mass is 9.95. The molecule has 1 aromatic carbocycles. The molecule has 0 N–H and O–H groups in total. The van der Waals surface area contributed by atoms with Crippen molar-refractivity contribution in [2.24, 2.45) is 5.92 Å². The van der Waals surface area contributed by atoms with Gasteiger partial charge in [-0.05, 0) is 68.7 Å². The summed E-state index contributed by atoms with van der Waals surface area (Å²) in [6.45, 7) is 9.26. The average Bonchev–Trinajstić information content (AvgIpc) is 3.23. The summed E-state index contributed by atoms with van der Waals surface area (Å²) in [5.74, 6) is 0.434. The topological polar surface area (TPSA) is 38.8 Å². The summed E-state index contributed by atoms with van der Waals surface area (Å²) in [6.07, 6.45) is 5.14. The molecule has 1 saturated carbocycles. The van der Waals surface area contributed by atoms with Crippen molar-refractivity contribution in [3.8, 4) is 0 Å². The first kappa shape index (κ1) is 16.6. The van der Waals surface area contributed by atoms with Crippen molar-refractivity contribution in [1.29, 1.82) is 0 Å². The number of allylic oxidation sites excluding steroid dienone is 1. The van der Waals surface area contributed by atoms with E-state index in [2.05, 4.69) is 31.2 Å². The van der Waals surface area contributed by atoms with Crippen LogP contribution in [0, 0.1) is 5.92 Å². The van der Waals surface area contributed by atoms with Gasteiger partial charge in [-0.1, -0.05) is 25.1 Å². The third kappa shape index (κ3) is 3.08. The third-order valence-corrected chi connectivity index (χ3v) is 5.21. The molecule has 4 heteroatoms. The predicted octanol–water partition coefficient (Wildman–Crippen LogP) is 4.82. The van der Waals surface area contributed by atoms with Crippen molar-refractivity contribution < 1.29 is 14.3 Å². The second kappa shape index (κ2) is 5.60. The monoisotopic (exact) mass is 341 g/mol. The molecule has 2 aliphatic heterocycles. The molecule has 25 heavy (non-hydrogen) atoms. The Labute approximate surface area is 149 Å². The van der Waals surface area contributed by atoms with Gasteiger partial charge < -0.3 is 9.47 Å². The molecular weight excluding hydrogens is 314 g/mol. The minimum Gasteiger partial charge on any atom is -0.443 e. The Bertz CT molecular complexity index is 740. The van der Waals surface area contributed by atoms with Crippen molar-refractivity contribution in [2.75, 3.05) is 6.54 Å². The molecule has 1 amide bonds. The minimum absolute atomic E-state index is 0.00811. The van der Waals surface area contributed by atoms with Crippen LogP contribution in [0.2, 0.25) is 0 Å². The molecule has 3 aliphatic rings. The van der Waals surface area contributed by atoms with E-state index in [1.165, 1.54) is 11.1 Å². The number of carbonyl (C=O) groups is 1. The summed E-state index contributed by atoms with van der Waals surface area (Å²) in [4.78, 5) is 14.5. The molecule has 4 nitrogen and oxygen atoms in total. The third-order valence-electron chi connectivity index (χ3n) is 5.21. The van der Waals surface area contributed by atoms with Gasteiger partial charge in [-0.2, -0.15) is 0 Å². The van der Waals surface area contributed by atoms with Gasteiger partial charge in [0, 0.05) is 6.54 Å². The standard InChI is InChI=1S/C21H27NO3/c1-14-5-8-18(22(12-14)19(23)25-20(2,3)4)15-6-7-17-16(11-15)13-24-21(17)9-10-21/h6-8,11,14H,5,9-10,12-13H2,1-4H3. The van der Waals surface area contributed by atoms with Gasteiger partial charge in [0.2, 0.25) is 0 Å². The van der Waals surface area contributed by atoms with Gasteiger partial charge in [0.05, 0.1) is 17.9 Å². The lowest BCUT2D eigenvalue weighted by Gasteiger charge is -2.34. The van der Waals surface area contributed by atoms with Crippen LogP contribution in [0.3, 0.4) is 0 Å². The molecule has 0 aromatic heterocycles. The largest absolute Gasteiger partial charge is 0.443 e. The zero-order valence-electron chi connectivity index (χ0n) is 15.6. The number of carbonyl (C=O) groups excluding carboxylic acids is 1. The molecule has 1 aromatic rings. The Morgan fingerprint density at radius 3 is 2.76 bits per heavy atom. The smallest absolute Gasteiger partial charge is 0.414 e. The Morgan fingerprint density at radius 2 is 2.08 bits per heavy atom. The number of nitrogens with zero attached hydrogens (tertiary/aromatic N) is 1. The molecular formula is C21H27NO3. The van der Waals surface area contributed by atoms with E-state index in [-0.39, 0.29) is 11.7 Å². The van der Waals surface area contributed by atoms with Crippen LogP contribution in [-0.2, 0) is 21.7 Å². The molecule has 1 unspecified atom stereocenters. The minimum atomic E-state index is -0.493. The lowest BCUT2D eigenvalue weighted by molar-refractivity contribution is 0.0327. The summed E-state index contributed by atoms with van der Waals surface area (Å²) in [7, 11) is 0. The van der Waals surface area contributed by atoms with Gasteiger partial charge in [-0.3, -0.25) is 4.90 Å². The van der Waals surface area contributed by atoms with E-state index in [9.17, 15) is 4.79 Å². The second-order valence-electron chi connectivity index (χ2n) is 8.68. The van der Waals surface area contributed by atoms with E-state index in [1.807, 2.05) is 20.8 Å². The number of ether oxygens (including phenoxy) is 2. The molecule has 1 aliphatic carbocycles. The van der Waals surface area contributed by atoms with Gasteiger partial charge >= 0.3 is 6.09 Å². The molecule has 134 valence electrons. The first-order valence-electron chi connectivity index (χ1n) is 9.26. The zero-order valence-corrected chi connectivity index (χ0v) is 15.6. The summed E-state index contributed by atoms with van der Waals surface area (Å²) in [5, 5.41) is 0. The van der Waals surface area contributed by atoms with E-state index in [4.69, 9.17) is 9.47 Å². The number of fused-ring (bicyclic) bond motifs is 2. The van der Waals surface area contributed by atoms with Gasteiger partial charge in [0.1, 0.15) is 5.60 Å². The van der Waals surface area contributed by atoms with Gasteiger partial charge in [-0.25, -0.2) is 4.79 Å². The number of hydrogen-bond donors (Lipinski definition) is 0. The summed E-state index contributed by atoms with van der Waals surface area (Å²) in [6, 6.07) is 6.52. The number of hydrogen-bond acceptors (Lipinski definition) is 3. The summed E-state index contributed by atoms with van der Waals surface area (Å²) >= 11 is 0. The molecule has 1 atom stereocenters. The van der Waals surface area contributed by atoms with Crippen LogP contribution < -0.4 is 0 Å². The molecule has 4 rings (SSSR count). The van der Waals surface area contributed by atoms with Gasteiger partial charge in [0.15, 0.2) is 0 Å². The van der Waals surface area contributed by atoms with Crippen molar-refractivity contribution in [1.82, 2.24) is 4.90 Å². The quantitative estimate of drug-likeness (QED) is 0.735. The average molecular weight is 341 g/mol. The maximum atomic E-state index is 12.7. The van der Waals surface area contributed by atoms with Gasteiger partial charge in [0.25, 0.3) is 0 Å². The normalized spacial score (nSPS) is 24.1. The van der Waals surface area contributed by atoms with E-state index in [1.54, 1.807) is 4.90 Å². The Kier molecular flexibility index (Phi) is 3.73. The van der Waals surface area contributed by atoms with Crippen molar-refractivity contribution in [2.45, 2.75) is 64.8 Å². The van der Waals surface area contributed by atoms with Crippen molar-refractivity contribution in [3.63, 3.8) is 0 Å². The van der Waals surface area contributed by atoms with Crippen LogP contribution in [0.4, 0.5) is 4.79 Å². The van der Waals surface area contributed by atoms with E-state index >= 15 is 0 Å². The molecule has 1 fully saturated rings. The van der Waals surface area contributed by atoms with E-state index in [0.717, 1.165) is 30.5 Å². The SMILES string of the molecule is CC1CC=C(c2ccc3c(c2)COC32CC2)N(C(=O)OC(C)(C)C)C1. The fourth-order valence-electron chi connectivity index (χ4n) is 3.81. The number of rotatable bonds is 1. The molecule has 2 heterocycles. The first-order valence-corrected chi connectivity index (χ1v) is 9.26. The van der Waals surface area contributed by atoms with Crippen LogP contribution in [0.15, 0.2) is 24.3 Å². The van der Waals surface area contributed by atoms with Crippen molar-refractivity contribution in [3.05, 3.63) is 41.0 Å². The predicted molar refractivity (Wildman–Crippen MR) is 96.8 cm³/mol. The van der Waals surface area contributed by atoms with Crippen LogP contribution >= 0.6 is 0 Å². The number of benzene rings is 1. The maximum absolute atomic E-state index is 12.7. The second-order valence-corrected chi connectivity index (χ2v) is 8.68. The fourth-order valence-corrected chi connectivity index (χ4v) is 3.81. The Balaban J connectivity index is 1.64. The summed E-state index contributed by atoms with van der Waals surface area (Å²) in [5.41, 5.74) is 4.16. The van der Waals surface area contributed by atoms with E-state index < -0.39 is 5.60 Å². The highest BCUT2D eigenvalue weighted by molar-refractivity contribution is 5.83. The van der Waals surface area contributed by atoms with E-state index in [0.29, 0.717) is 19.1 Å². The van der Waals surface area contributed by atoms with Crippen LogP contribution in [-0.4, -0.2) is 23.1 Å². The molecule has 0 saturated heterocycles.